The van der Waals surface area contributed by atoms with Crippen LogP contribution in [0.25, 0.3) is 33.3 Å². The van der Waals surface area contributed by atoms with Crippen molar-refractivity contribution >= 4 is 22.5 Å². The number of pyridine rings is 2. The highest BCUT2D eigenvalue weighted by atomic mass is 35.5. The highest BCUT2D eigenvalue weighted by Gasteiger charge is 2.46. The first-order valence-electron chi connectivity index (χ1n) is 10.2. The molecule has 0 saturated carbocycles. The summed E-state index contributed by atoms with van der Waals surface area (Å²) in [4.78, 5) is 9.06. The van der Waals surface area contributed by atoms with Crippen LogP contribution in [0.3, 0.4) is 0 Å². The Hall–Kier alpha value is -2.93. The fourth-order valence-electron chi connectivity index (χ4n) is 4.61. The first-order chi connectivity index (χ1) is 15.1. The summed E-state index contributed by atoms with van der Waals surface area (Å²) >= 11 is 6.67. The smallest absolute Gasteiger partial charge is 0.137 e. The van der Waals surface area contributed by atoms with Crippen molar-refractivity contribution in [3.05, 3.63) is 65.2 Å². The highest BCUT2D eigenvalue weighted by molar-refractivity contribution is 6.34. The third-order valence-corrected chi connectivity index (χ3v) is 6.72. The van der Waals surface area contributed by atoms with Crippen LogP contribution in [0.5, 0.6) is 5.75 Å². The molecule has 1 saturated heterocycles. The van der Waals surface area contributed by atoms with Crippen LogP contribution in [0.2, 0.25) is 5.02 Å². The average molecular weight is 433 g/mol. The average Bonchev–Trinajstić information content (AvgIpc) is 3.31. The van der Waals surface area contributed by atoms with Gasteiger partial charge in [0.15, 0.2) is 0 Å². The number of ether oxygens (including phenoxy) is 2. The van der Waals surface area contributed by atoms with Crippen molar-refractivity contribution in [1.29, 1.82) is 0 Å². The van der Waals surface area contributed by atoms with Crippen LogP contribution in [0.1, 0.15) is 11.3 Å². The van der Waals surface area contributed by atoms with Crippen molar-refractivity contribution in [2.24, 2.45) is 7.05 Å². The Kier molecular flexibility index (Phi) is 4.12. The van der Waals surface area contributed by atoms with Crippen LogP contribution in [0.4, 0.5) is 0 Å². The summed E-state index contributed by atoms with van der Waals surface area (Å²) in [6.07, 6.45) is 5.44. The Bertz CT molecular complexity index is 1340. The quantitative estimate of drug-likeness (QED) is 0.523. The van der Waals surface area contributed by atoms with E-state index in [1.54, 1.807) is 19.5 Å². The van der Waals surface area contributed by atoms with Crippen molar-refractivity contribution in [2.75, 3.05) is 20.2 Å². The van der Waals surface area contributed by atoms with Gasteiger partial charge < -0.3 is 19.4 Å². The first kappa shape index (κ1) is 18.8. The third-order valence-electron chi connectivity index (χ3n) is 6.41. The first-order valence-corrected chi connectivity index (χ1v) is 10.6. The monoisotopic (exact) mass is 432 g/mol. The Morgan fingerprint density at radius 3 is 2.74 bits per heavy atom. The molecule has 4 aromatic rings. The molecule has 1 N–H and O–H groups in total. The summed E-state index contributed by atoms with van der Waals surface area (Å²) < 4.78 is 13.5. The fraction of sp³-hybridized carbons (Fsp3) is 0.250. The number of nitrogens with one attached hydrogen (secondary N) is 1. The van der Waals surface area contributed by atoms with E-state index in [1.807, 2.05) is 18.3 Å². The molecule has 6 nitrogen and oxygen atoms in total. The standard InChI is InChI=1S/C24H21ClN4O2/c1-29-21(16-3-17-11-31-24(12-27-13-24)23(17)28-9-16)6-14-5-19(20(25)7-22(14)29)15-4-18(30-2)10-26-8-15/h3-10,27H,11-13H2,1-2H3. The molecule has 0 bridgehead atoms. The van der Waals surface area contributed by atoms with Crippen LogP contribution in [-0.2, 0) is 24.0 Å². The largest absolute Gasteiger partial charge is 0.495 e. The summed E-state index contributed by atoms with van der Waals surface area (Å²) in [5.41, 5.74) is 7.11. The number of hydrogen-bond acceptors (Lipinski definition) is 5. The van der Waals surface area contributed by atoms with Crippen molar-refractivity contribution < 1.29 is 9.47 Å². The molecule has 1 spiro atoms. The van der Waals surface area contributed by atoms with Crippen molar-refractivity contribution in [2.45, 2.75) is 12.2 Å². The number of aromatic nitrogens is 3. The zero-order chi connectivity index (χ0) is 21.2. The van der Waals surface area contributed by atoms with E-state index in [1.165, 1.54) is 5.56 Å². The molecule has 0 aliphatic carbocycles. The predicted molar refractivity (Wildman–Crippen MR) is 120 cm³/mol. The molecule has 5 heterocycles. The number of rotatable bonds is 3. The van der Waals surface area contributed by atoms with Gasteiger partial charge in [-0.2, -0.15) is 0 Å². The molecule has 31 heavy (non-hydrogen) atoms. The van der Waals surface area contributed by atoms with Gasteiger partial charge in [-0.3, -0.25) is 9.97 Å². The molecule has 156 valence electrons. The minimum atomic E-state index is -0.222. The number of methoxy groups -OCH3 is 1. The summed E-state index contributed by atoms with van der Waals surface area (Å²) in [6.45, 7) is 2.28. The molecule has 0 unspecified atom stereocenters. The van der Waals surface area contributed by atoms with Gasteiger partial charge >= 0.3 is 0 Å². The Morgan fingerprint density at radius 2 is 1.97 bits per heavy atom. The van der Waals surface area contributed by atoms with Crippen molar-refractivity contribution in [1.82, 2.24) is 19.9 Å². The molecule has 0 amide bonds. The maximum Gasteiger partial charge on any atom is 0.137 e. The SMILES string of the molecule is COc1cncc(-c2cc3cc(-c4cnc5c(c4)COC54CNC4)n(C)c3cc2Cl)c1. The van der Waals surface area contributed by atoms with Crippen LogP contribution in [0, 0.1) is 0 Å². The topological polar surface area (TPSA) is 61.2 Å². The molecule has 2 aliphatic heterocycles. The number of halogens is 1. The lowest BCUT2D eigenvalue weighted by Crippen LogP contribution is -2.57. The summed E-state index contributed by atoms with van der Waals surface area (Å²) in [6, 6.07) is 10.4. The summed E-state index contributed by atoms with van der Waals surface area (Å²) in [5, 5.41) is 5.08. The number of hydrogen-bond donors (Lipinski definition) is 1. The molecule has 3 aromatic heterocycles. The summed E-state index contributed by atoms with van der Waals surface area (Å²) in [7, 11) is 3.69. The van der Waals surface area contributed by atoms with Crippen molar-refractivity contribution in [3.8, 4) is 28.1 Å². The van der Waals surface area contributed by atoms with E-state index in [0.29, 0.717) is 17.4 Å². The highest BCUT2D eigenvalue weighted by Crippen LogP contribution is 2.40. The third kappa shape index (κ3) is 2.79. The number of benzene rings is 1. The maximum atomic E-state index is 6.67. The second kappa shape index (κ2) is 6.79. The van der Waals surface area contributed by atoms with E-state index < -0.39 is 0 Å². The maximum absolute atomic E-state index is 6.67. The van der Waals surface area contributed by atoms with Crippen molar-refractivity contribution in [3.63, 3.8) is 0 Å². The van der Waals surface area contributed by atoms with Gasteiger partial charge in [-0.05, 0) is 30.3 Å². The van der Waals surface area contributed by atoms with E-state index in [-0.39, 0.29) is 5.60 Å². The molecular formula is C24H21ClN4O2. The molecule has 7 heteroatoms. The Morgan fingerprint density at radius 1 is 1.10 bits per heavy atom. The second-order valence-electron chi connectivity index (χ2n) is 8.21. The van der Waals surface area contributed by atoms with Crippen LogP contribution < -0.4 is 10.1 Å². The van der Waals surface area contributed by atoms with Gasteiger partial charge in [0.1, 0.15) is 11.4 Å². The number of fused-ring (bicyclic) bond motifs is 3. The molecule has 1 aromatic carbocycles. The second-order valence-corrected chi connectivity index (χ2v) is 8.62. The minimum absolute atomic E-state index is 0.222. The summed E-state index contributed by atoms with van der Waals surface area (Å²) in [5.74, 6) is 0.702. The molecule has 2 aliphatic rings. The van der Waals surface area contributed by atoms with Gasteiger partial charge in [0.25, 0.3) is 0 Å². The molecule has 0 radical (unpaired) electrons. The predicted octanol–water partition coefficient (Wildman–Crippen LogP) is 4.29. The van der Waals surface area contributed by atoms with Gasteiger partial charge in [0, 0.05) is 65.7 Å². The van der Waals surface area contributed by atoms with Gasteiger partial charge in [0.2, 0.25) is 0 Å². The van der Waals surface area contributed by atoms with Gasteiger partial charge in [-0.15, -0.1) is 0 Å². The van der Waals surface area contributed by atoms with Gasteiger partial charge in [0.05, 0.1) is 36.3 Å². The number of nitrogens with zero attached hydrogens (tertiary/aromatic N) is 3. The van der Waals surface area contributed by atoms with E-state index in [4.69, 9.17) is 26.1 Å². The fourth-order valence-corrected chi connectivity index (χ4v) is 4.88. The van der Waals surface area contributed by atoms with Gasteiger partial charge in [-0.25, -0.2) is 0 Å². The van der Waals surface area contributed by atoms with Crippen LogP contribution in [-0.4, -0.2) is 34.7 Å². The van der Waals surface area contributed by atoms with Gasteiger partial charge in [-0.1, -0.05) is 11.6 Å². The van der Waals surface area contributed by atoms with Crippen LogP contribution in [0.15, 0.2) is 48.9 Å². The van der Waals surface area contributed by atoms with E-state index in [0.717, 1.165) is 52.1 Å². The number of aryl methyl sites for hydroxylation is 1. The lowest BCUT2D eigenvalue weighted by atomic mass is 9.91. The zero-order valence-electron chi connectivity index (χ0n) is 17.3. The molecule has 6 rings (SSSR count). The zero-order valence-corrected chi connectivity index (χ0v) is 18.0. The van der Waals surface area contributed by atoms with E-state index >= 15 is 0 Å². The van der Waals surface area contributed by atoms with Crippen LogP contribution >= 0.6 is 11.6 Å². The normalized spacial score (nSPS) is 16.5. The molecule has 0 atom stereocenters. The molecular weight excluding hydrogens is 412 g/mol. The lowest BCUT2D eigenvalue weighted by molar-refractivity contribution is -0.0768. The molecule has 1 fully saturated rings. The van der Waals surface area contributed by atoms with E-state index in [2.05, 4.69) is 40.1 Å². The van der Waals surface area contributed by atoms with E-state index in [9.17, 15) is 0 Å². The Balaban J connectivity index is 1.45. The Labute approximate surface area is 184 Å². The minimum Gasteiger partial charge on any atom is -0.495 e. The lowest BCUT2D eigenvalue weighted by Gasteiger charge is -2.37.